The van der Waals surface area contributed by atoms with Crippen LogP contribution in [0.2, 0.25) is 0 Å². The van der Waals surface area contributed by atoms with Gasteiger partial charge < -0.3 is 10.1 Å². The van der Waals surface area contributed by atoms with Crippen molar-refractivity contribution >= 4 is 5.91 Å². The number of nitrogens with one attached hydrogen (secondary N) is 1. The molecule has 140 valence electrons. The van der Waals surface area contributed by atoms with Crippen LogP contribution in [0, 0.1) is 13.8 Å². The maximum absolute atomic E-state index is 12.5. The molecule has 0 aliphatic heterocycles. The number of hydrogen-bond donors (Lipinski definition) is 1. The highest BCUT2D eigenvalue weighted by atomic mass is 16.5. The summed E-state index contributed by atoms with van der Waals surface area (Å²) in [4.78, 5) is 17.0. The highest BCUT2D eigenvalue weighted by molar-refractivity contribution is 5.91. The summed E-state index contributed by atoms with van der Waals surface area (Å²) in [5.74, 6) is 0.516. The number of aryl methyl sites for hydroxylation is 2. The molecule has 6 nitrogen and oxygen atoms in total. The second kappa shape index (κ2) is 8.60. The van der Waals surface area contributed by atoms with Gasteiger partial charge in [-0.25, -0.2) is 9.67 Å². The maximum atomic E-state index is 12.5. The average molecular weight is 364 g/mol. The van der Waals surface area contributed by atoms with Crippen molar-refractivity contribution in [2.75, 3.05) is 20.3 Å². The summed E-state index contributed by atoms with van der Waals surface area (Å²) < 4.78 is 6.75. The van der Waals surface area contributed by atoms with Crippen molar-refractivity contribution < 1.29 is 9.53 Å². The Balaban J connectivity index is 1.98. The minimum atomic E-state index is -0.285. The molecule has 0 unspecified atom stereocenters. The minimum absolute atomic E-state index is 0.159. The fourth-order valence-electron chi connectivity index (χ4n) is 2.89. The summed E-state index contributed by atoms with van der Waals surface area (Å²) in [6.07, 6.45) is 0.742. The van der Waals surface area contributed by atoms with Crippen molar-refractivity contribution in [3.8, 4) is 17.1 Å². The summed E-state index contributed by atoms with van der Waals surface area (Å²) in [6, 6.07) is 15.9. The third kappa shape index (κ3) is 4.41. The van der Waals surface area contributed by atoms with Crippen LogP contribution in [0.3, 0.4) is 0 Å². The van der Waals surface area contributed by atoms with Crippen LogP contribution >= 0.6 is 0 Å². The van der Waals surface area contributed by atoms with Gasteiger partial charge in [-0.15, -0.1) is 5.10 Å². The van der Waals surface area contributed by atoms with Gasteiger partial charge in [0.15, 0.2) is 5.82 Å². The molecule has 1 heterocycles. The van der Waals surface area contributed by atoms with Gasteiger partial charge in [-0.1, -0.05) is 48.0 Å². The summed E-state index contributed by atoms with van der Waals surface area (Å²) >= 11 is 0. The van der Waals surface area contributed by atoms with E-state index in [0.717, 1.165) is 23.2 Å². The molecule has 0 spiro atoms. The number of ether oxygens (including phenoxy) is 1. The van der Waals surface area contributed by atoms with Gasteiger partial charge in [-0.3, -0.25) is 4.79 Å². The van der Waals surface area contributed by atoms with E-state index in [9.17, 15) is 4.79 Å². The Morgan fingerprint density at radius 3 is 2.63 bits per heavy atom. The lowest BCUT2D eigenvalue weighted by Gasteiger charge is -2.09. The van der Waals surface area contributed by atoms with Crippen LogP contribution < -0.4 is 5.32 Å². The Hall–Kier alpha value is -2.99. The topological polar surface area (TPSA) is 69.0 Å². The van der Waals surface area contributed by atoms with Crippen LogP contribution in [-0.2, 0) is 4.74 Å². The molecule has 0 saturated heterocycles. The van der Waals surface area contributed by atoms with E-state index in [2.05, 4.69) is 28.4 Å². The molecule has 0 atom stereocenters. The molecule has 0 fully saturated rings. The number of amides is 1. The highest BCUT2D eigenvalue weighted by Gasteiger charge is 2.19. The zero-order chi connectivity index (χ0) is 19.2. The van der Waals surface area contributed by atoms with Crippen LogP contribution in [0.4, 0.5) is 0 Å². The number of benzene rings is 2. The first kappa shape index (κ1) is 18.8. The molecule has 2 aromatic carbocycles. The zero-order valence-electron chi connectivity index (χ0n) is 15.9. The number of hydrogen-bond acceptors (Lipinski definition) is 4. The van der Waals surface area contributed by atoms with Gasteiger partial charge >= 0.3 is 0 Å². The Morgan fingerprint density at radius 1 is 1.15 bits per heavy atom. The van der Waals surface area contributed by atoms with Gasteiger partial charge in [0.1, 0.15) is 0 Å². The Morgan fingerprint density at radius 2 is 1.93 bits per heavy atom. The smallest absolute Gasteiger partial charge is 0.290 e. The fraction of sp³-hybridized carbons (Fsp3) is 0.286. The molecule has 6 heteroatoms. The van der Waals surface area contributed by atoms with E-state index in [1.165, 1.54) is 5.56 Å². The largest absolute Gasteiger partial charge is 0.385 e. The van der Waals surface area contributed by atoms with Gasteiger partial charge in [-0.05, 0) is 31.9 Å². The predicted octanol–water partition coefficient (Wildman–Crippen LogP) is 3.32. The number of carbonyl (C=O) groups is 1. The molecule has 3 rings (SSSR count). The Kier molecular flexibility index (Phi) is 5.98. The summed E-state index contributed by atoms with van der Waals surface area (Å²) in [5.41, 5.74) is 4.06. The SMILES string of the molecule is COCCCNC(=O)c1nc(-c2ccccc2)n(-c2ccc(C)cc2C)n1. The first-order chi connectivity index (χ1) is 13.1. The molecule has 0 saturated carbocycles. The van der Waals surface area contributed by atoms with E-state index >= 15 is 0 Å². The van der Waals surface area contributed by atoms with Crippen LogP contribution in [0.25, 0.3) is 17.1 Å². The van der Waals surface area contributed by atoms with Crippen molar-refractivity contribution in [3.63, 3.8) is 0 Å². The van der Waals surface area contributed by atoms with Crippen molar-refractivity contribution in [1.29, 1.82) is 0 Å². The molecule has 1 amide bonds. The maximum Gasteiger partial charge on any atom is 0.290 e. The normalized spacial score (nSPS) is 10.8. The number of carbonyl (C=O) groups excluding carboxylic acids is 1. The quantitative estimate of drug-likeness (QED) is 0.653. The van der Waals surface area contributed by atoms with Crippen LogP contribution in [0.5, 0.6) is 0 Å². The molecule has 0 bridgehead atoms. The van der Waals surface area contributed by atoms with Crippen LogP contribution in [0.1, 0.15) is 28.2 Å². The van der Waals surface area contributed by atoms with Crippen LogP contribution in [-0.4, -0.2) is 40.9 Å². The van der Waals surface area contributed by atoms with Crippen molar-refractivity contribution in [3.05, 3.63) is 65.5 Å². The molecule has 27 heavy (non-hydrogen) atoms. The summed E-state index contributed by atoms with van der Waals surface area (Å²) in [5, 5.41) is 7.35. The van der Waals surface area contributed by atoms with Gasteiger partial charge in [-0.2, -0.15) is 0 Å². The first-order valence-corrected chi connectivity index (χ1v) is 8.97. The first-order valence-electron chi connectivity index (χ1n) is 8.97. The monoisotopic (exact) mass is 364 g/mol. The van der Waals surface area contributed by atoms with E-state index in [1.807, 2.05) is 49.4 Å². The molecular weight excluding hydrogens is 340 g/mol. The summed E-state index contributed by atoms with van der Waals surface area (Å²) in [6.45, 7) is 5.20. The molecular formula is C21H24N4O2. The van der Waals surface area contributed by atoms with E-state index in [1.54, 1.807) is 11.8 Å². The molecule has 0 aliphatic rings. The van der Waals surface area contributed by atoms with Gasteiger partial charge in [0.2, 0.25) is 5.82 Å². The predicted molar refractivity (Wildman–Crippen MR) is 105 cm³/mol. The highest BCUT2D eigenvalue weighted by Crippen LogP contribution is 2.23. The third-order valence-electron chi connectivity index (χ3n) is 4.23. The zero-order valence-corrected chi connectivity index (χ0v) is 15.9. The van der Waals surface area contributed by atoms with Gasteiger partial charge in [0.05, 0.1) is 5.69 Å². The second-order valence-corrected chi connectivity index (χ2v) is 6.43. The van der Waals surface area contributed by atoms with E-state index in [4.69, 9.17) is 4.74 Å². The molecule has 0 radical (unpaired) electrons. The van der Waals surface area contributed by atoms with Crippen molar-refractivity contribution in [2.45, 2.75) is 20.3 Å². The minimum Gasteiger partial charge on any atom is -0.385 e. The van der Waals surface area contributed by atoms with Crippen molar-refractivity contribution in [2.24, 2.45) is 0 Å². The van der Waals surface area contributed by atoms with E-state index in [0.29, 0.717) is 19.0 Å². The second-order valence-electron chi connectivity index (χ2n) is 6.43. The molecule has 1 aromatic heterocycles. The summed E-state index contributed by atoms with van der Waals surface area (Å²) in [7, 11) is 1.64. The lowest BCUT2D eigenvalue weighted by atomic mass is 10.1. The average Bonchev–Trinajstić information content (AvgIpc) is 3.11. The van der Waals surface area contributed by atoms with E-state index in [-0.39, 0.29) is 11.7 Å². The third-order valence-corrected chi connectivity index (χ3v) is 4.23. The number of methoxy groups -OCH3 is 1. The number of rotatable bonds is 7. The van der Waals surface area contributed by atoms with Gasteiger partial charge in [0.25, 0.3) is 5.91 Å². The van der Waals surface area contributed by atoms with E-state index < -0.39 is 0 Å². The molecule has 1 N–H and O–H groups in total. The fourth-order valence-corrected chi connectivity index (χ4v) is 2.89. The Labute approximate surface area is 159 Å². The van der Waals surface area contributed by atoms with Crippen LogP contribution in [0.15, 0.2) is 48.5 Å². The molecule has 3 aromatic rings. The standard InChI is InChI=1S/C21H24N4O2/c1-15-10-11-18(16(2)14-15)25-20(17-8-5-4-6-9-17)23-19(24-25)21(26)22-12-7-13-27-3/h4-6,8-11,14H,7,12-13H2,1-3H3,(H,22,26). The number of aromatic nitrogens is 3. The lowest BCUT2D eigenvalue weighted by molar-refractivity contribution is 0.0938. The Bertz CT molecular complexity index is 919. The van der Waals surface area contributed by atoms with Gasteiger partial charge in [0, 0.05) is 25.8 Å². The molecule has 0 aliphatic carbocycles. The van der Waals surface area contributed by atoms with Crippen molar-refractivity contribution in [1.82, 2.24) is 20.1 Å². The number of nitrogens with zero attached hydrogens (tertiary/aromatic N) is 3. The lowest BCUT2D eigenvalue weighted by Crippen LogP contribution is -2.26.